The van der Waals surface area contributed by atoms with Crippen molar-refractivity contribution in [1.29, 1.82) is 0 Å². The summed E-state index contributed by atoms with van der Waals surface area (Å²) in [4.78, 5) is 22.3. The first-order valence-corrected chi connectivity index (χ1v) is 7.25. The zero-order valence-corrected chi connectivity index (χ0v) is 13.7. The molecule has 22 heavy (non-hydrogen) atoms. The van der Waals surface area contributed by atoms with Crippen LogP contribution >= 0.6 is 0 Å². The Hall–Kier alpha value is -0.970. The third-order valence-electron chi connectivity index (χ3n) is 1.94. The summed E-state index contributed by atoms with van der Waals surface area (Å²) in [5.74, 6) is 0. The maximum absolute atomic E-state index is 11.9. The second-order valence-corrected chi connectivity index (χ2v) is 5.21. The Morgan fingerprint density at radius 2 is 1.32 bits per heavy atom. The molecule has 0 fully saturated rings. The van der Waals surface area contributed by atoms with Crippen LogP contribution in [0.2, 0.25) is 0 Å². The average molecular weight is 323 g/mol. The number of ether oxygens (including phenoxy) is 3. The molecule has 0 saturated carbocycles. The molecule has 9 nitrogen and oxygen atoms in total. The van der Waals surface area contributed by atoms with E-state index in [0.29, 0.717) is 31.5 Å². The van der Waals surface area contributed by atoms with E-state index in [4.69, 9.17) is 35.4 Å². The number of carbonyl (C=O) groups is 1. The molecule has 9 heteroatoms. The van der Waals surface area contributed by atoms with E-state index in [9.17, 15) is 4.79 Å². The van der Waals surface area contributed by atoms with Crippen LogP contribution in [-0.4, -0.2) is 69.7 Å². The molecule has 132 valence electrons. The summed E-state index contributed by atoms with van der Waals surface area (Å²) in [5, 5.41) is 0.697. The number of nitrogens with two attached hydrogens (primary N) is 2. The summed E-state index contributed by atoms with van der Waals surface area (Å²) < 4.78 is 15.5. The molecule has 0 heterocycles. The van der Waals surface area contributed by atoms with Gasteiger partial charge in [-0.2, -0.15) is 0 Å². The van der Waals surface area contributed by atoms with Crippen LogP contribution in [0.3, 0.4) is 0 Å². The molecule has 0 aliphatic rings. The molecule has 0 aliphatic carbocycles. The molecule has 0 unspecified atom stereocenters. The van der Waals surface area contributed by atoms with Gasteiger partial charge < -0.3 is 25.7 Å². The summed E-state index contributed by atoms with van der Waals surface area (Å²) in [6.45, 7) is 7.74. The van der Waals surface area contributed by atoms with E-state index in [1.54, 1.807) is 20.8 Å². The van der Waals surface area contributed by atoms with Gasteiger partial charge in [-0.25, -0.2) is 14.5 Å². The van der Waals surface area contributed by atoms with Gasteiger partial charge in [0.15, 0.2) is 0 Å². The minimum atomic E-state index is -0.745. The van der Waals surface area contributed by atoms with Crippen molar-refractivity contribution in [1.82, 2.24) is 5.23 Å². The Bertz CT molecular complexity index is 271. The average Bonchev–Trinajstić information content (AvgIpc) is 2.42. The number of carbonyl (C=O) groups excluding carboxylic acids is 1. The molecule has 0 saturated heterocycles. The summed E-state index contributed by atoms with van der Waals surface area (Å²) in [5.41, 5.74) is 9.93. The van der Waals surface area contributed by atoms with E-state index >= 15 is 0 Å². The van der Waals surface area contributed by atoms with Crippen LogP contribution in [0.1, 0.15) is 20.8 Å². The lowest BCUT2D eigenvalue weighted by Crippen LogP contribution is -2.38. The van der Waals surface area contributed by atoms with Crippen LogP contribution in [0.15, 0.2) is 0 Å². The molecule has 0 aromatic rings. The van der Waals surface area contributed by atoms with E-state index in [0.717, 1.165) is 0 Å². The van der Waals surface area contributed by atoms with Crippen LogP contribution in [0, 0.1) is 0 Å². The number of hydrogen-bond acceptors (Lipinski definition) is 8. The first-order chi connectivity index (χ1) is 10.4. The lowest BCUT2D eigenvalue weighted by atomic mass is 10.2. The normalized spacial score (nSPS) is 11.5. The predicted octanol–water partition coefficient (Wildman–Crippen LogP) is 0.0373. The monoisotopic (exact) mass is 323 g/mol. The van der Waals surface area contributed by atoms with Crippen molar-refractivity contribution in [2.45, 2.75) is 26.4 Å². The molecule has 0 bridgehead atoms. The zero-order valence-electron chi connectivity index (χ0n) is 13.7. The van der Waals surface area contributed by atoms with Gasteiger partial charge in [0.2, 0.25) is 0 Å². The molecular formula is C13H29N3O6. The minimum Gasteiger partial charge on any atom is -0.441 e. The third kappa shape index (κ3) is 12.7. The zero-order chi connectivity index (χ0) is 16.8. The fraction of sp³-hybridized carbons (Fsp3) is 0.923. The third-order valence-corrected chi connectivity index (χ3v) is 1.94. The molecule has 0 aliphatic heterocycles. The molecule has 0 atom stereocenters. The number of nitrogens with zero attached hydrogens (tertiary/aromatic N) is 1. The van der Waals surface area contributed by atoms with E-state index in [2.05, 4.69) is 0 Å². The van der Waals surface area contributed by atoms with Crippen molar-refractivity contribution in [3.63, 3.8) is 0 Å². The maximum Gasteiger partial charge on any atom is 0.460 e. The highest BCUT2D eigenvalue weighted by Gasteiger charge is 2.24. The highest BCUT2D eigenvalue weighted by Crippen LogP contribution is 2.10. The number of amides is 1. The lowest BCUT2D eigenvalue weighted by molar-refractivity contribution is -0.343. The summed E-state index contributed by atoms with van der Waals surface area (Å²) in [6, 6.07) is 0. The number of hydrogen-bond donors (Lipinski definition) is 2. The van der Waals surface area contributed by atoms with E-state index in [-0.39, 0.29) is 26.4 Å². The fourth-order valence-electron chi connectivity index (χ4n) is 1.17. The van der Waals surface area contributed by atoms with Crippen molar-refractivity contribution in [2.75, 3.05) is 52.7 Å². The smallest absolute Gasteiger partial charge is 0.441 e. The van der Waals surface area contributed by atoms with Crippen LogP contribution in [0.25, 0.3) is 0 Å². The number of hydroxylamine groups is 2. The Morgan fingerprint density at radius 1 is 0.864 bits per heavy atom. The van der Waals surface area contributed by atoms with Crippen molar-refractivity contribution in [2.24, 2.45) is 11.5 Å². The maximum atomic E-state index is 11.9. The summed E-state index contributed by atoms with van der Waals surface area (Å²) >= 11 is 0. The molecule has 0 aromatic heterocycles. The first kappa shape index (κ1) is 21.0. The van der Waals surface area contributed by atoms with Gasteiger partial charge >= 0.3 is 6.09 Å². The first-order valence-electron chi connectivity index (χ1n) is 7.25. The van der Waals surface area contributed by atoms with Crippen LogP contribution in [-0.2, 0) is 23.9 Å². The van der Waals surface area contributed by atoms with Gasteiger partial charge in [0.05, 0.1) is 26.4 Å². The van der Waals surface area contributed by atoms with Gasteiger partial charge in [-0.1, -0.05) is 0 Å². The Kier molecular flexibility index (Phi) is 12.0. The van der Waals surface area contributed by atoms with Crippen LogP contribution in [0.5, 0.6) is 0 Å². The van der Waals surface area contributed by atoms with Crippen molar-refractivity contribution in [3.8, 4) is 0 Å². The molecular weight excluding hydrogens is 294 g/mol. The van der Waals surface area contributed by atoms with Gasteiger partial charge in [0.1, 0.15) is 18.8 Å². The van der Waals surface area contributed by atoms with Gasteiger partial charge in [-0.05, 0) is 26.0 Å². The molecule has 0 radical (unpaired) electrons. The van der Waals surface area contributed by atoms with Gasteiger partial charge in [-0.15, -0.1) is 0 Å². The van der Waals surface area contributed by atoms with E-state index in [1.165, 1.54) is 0 Å². The van der Waals surface area contributed by atoms with Crippen molar-refractivity contribution in [3.05, 3.63) is 0 Å². The molecule has 4 N–H and O–H groups in total. The van der Waals surface area contributed by atoms with Crippen molar-refractivity contribution >= 4 is 6.09 Å². The second-order valence-electron chi connectivity index (χ2n) is 5.21. The minimum absolute atomic E-state index is 0.128. The molecule has 1 amide bonds. The quantitative estimate of drug-likeness (QED) is 0.382. The lowest BCUT2D eigenvalue weighted by Gasteiger charge is -2.25. The van der Waals surface area contributed by atoms with Gasteiger partial charge in [-0.3, -0.25) is 0 Å². The largest absolute Gasteiger partial charge is 0.460 e. The standard InChI is InChI=1S/C13H29N3O6/c1-13(2,3)22-12(17)16(20-10-8-18-6-4-14)21-11-9-19-7-5-15/h4-11,14-15H2,1-3H3. The topological polar surface area (TPSA) is 118 Å². The summed E-state index contributed by atoms with van der Waals surface area (Å²) in [6.07, 6.45) is -0.745. The molecule has 0 rings (SSSR count). The molecule has 0 spiro atoms. The fourth-order valence-corrected chi connectivity index (χ4v) is 1.17. The van der Waals surface area contributed by atoms with Crippen LogP contribution in [0.4, 0.5) is 4.79 Å². The Balaban J connectivity index is 4.15. The predicted molar refractivity (Wildman–Crippen MR) is 79.7 cm³/mol. The highest BCUT2D eigenvalue weighted by atomic mass is 17.0. The Labute approximate surface area is 131 Å². The van der Waals surface area contributed by atoms with Crippen molar-refractivity contribution < 1.29 is 28.7 Å². The van der Waals surface area contributed by atoms with E-state index < -0.39 is 11.7 Å². The van der Waals surface area contributed by atoms with Gasteiger partial charge in [0, 0.05) is 13.1 Å². The highest BCUT2D eigenvalue weighted by molar-refractivity contribution is 5.65. The van der Waals surface area contributed by atoms with Crippen LogP contribution < -0.4 is 11.5 Å². The number of rotatable bonds is 12. The Morgan fingerprint density at radius 3 is 1.68 bits per heavy atom. The summed E-state index contributed by atoms with van der Waals surface area (Å²) in [7, 11) is 0. The second kappa shape index (κ2) is 12.6. The molecule has 0 aromatic carbocycles. The van der Waals surface area contributed by atoms with E-state index in [1.807, 2.05) is 0 Å². The van der Waals surface area contributed by atoms with Gasteiger partial charge in [0.25, 0.3) is 0 Å². The SMILES string of the molecule is CC(C)(C)OC(=O)N(OCCOCCN)OCCOCCN.